The predicted molar refractivity (Wildman–Crippen MR) is 46.8 cm³/mol. The molecule has 0 aliphatic rings. The molecule has 0 spiro atoms. The summed E-state index contributed by atoms with van der Waals surface area (Å²) in [6.45, 7) is 5.18. The third-order valence-electron chi connectivity index (χ3n) is 1.64. The van der Waals surface area contributed by atoms with Crippen molar-refractivity contribution >= 4 is 5.91 Å². The molecule has 0 radical (unpaired) electrons. The van der Waals surface area contributed by atoms with E-state index < -0.39 is 0 Å². The highest BCUT2D eigenvalue weighted by molar-refractivity contribution is 5.63. The first-order valence-corrected chi connectivity index (χ1v) is 3.87. The Labute approximate surface area is 72.2 Å². The SMILES string of the molecule is C=CCc1cccc[n+]1C(C)=O. The fourth-order valence-electron chi connectivity index (χ4n) is 1.10. The fraction of sp³-hybridized carbons (Fsp3) is 0.200. The zero-order valence-electron chi connectivity index (χ0n) is 7.16. The molecule has 2 heteroatoms. The van der Waals surface area contributed by atoms with E-state index >= 15 is 0 Å². The number of rotatable bonds is 2. The maximum atomic E-state index is 11.1. The van der Waals surface area contributed by atoms with Gasteiger partial charge in [-0.3, -0.25) is 0 Å². The van der Waals surface area contributed by atoms with Crippen LogP contribution in [0.1, 0.15) is 17.4 Å². The molecule has 1 heterocycles. The second kappa shape index (κ2) is 3.81. The van der Waals surface area contributed by atoms with Crippen LogP contribution in [0, 0.1) is 0 Å². The van der Waals surface area contributed by atoms with Crippen molar-refractivity contribution in [2.24, 2.45) is 0 Å². The molecule has 12 heavy (non-hydrogen) atoms. The second-order valence-corrected chi connectivity index (χ2v) is 2.57. The molecule has 0 unspecified atom stereocenters. The highest BCUT2D eigenvalue weighted by Gasteiger charge is 2.11. The van der Waals surface area contributed by atoms with Crippen LogP contribution in [0.15, 0.2) is 37.1 Å². The van der Waals surface area contributed by atoms with Crippen LogP contribution < -0.4 is 4.57 Å². The van der Waals surface area contributed by atoms with Crippen molar-refractivity contribution < 1.29 is 9.36 Å². The lowest BCUT2D eigenvalue weighted by Crippen LogP contribution is -2.43. The van der Waals surface area contributed by atoms with Gasteiger partial charge in [0.1, 0.15) is 0 Å². The van der Waals surface area contributed by atoms with Gasteiger partial charge in [-0.15, -0.1) is 11.1 Å². The number of nitrogens with zero attached hydrogens (tertiary/aromatic N) is 1. The van der Waals surface area contributed by atoms with Crippen molar-refractivity contribution in [1.82, 2.24) is 0 Å². The van der Waals surface area contributed by atoms with Crippen LogP contribution in [0.3, 0.4) is 0 Å². The first-order valence-electron chi connectivity index (χ1n) is 3.87. The number of carbonyl (C=O) groups is 1. The molecule has 2 nitrogen and oxygen atoms in total. The minimum atomic E-state index is 0.0347. The Morgan fingerprint density at radius 2 is 2.42 bits per heavy atom. The van der Waals surface area contributed by atoms with Gasteiger partial charge in [0.2, 0.25) is 0 Å². The van der Waals surface area contributed by atoms with Gasteiger partial charge in [0, 0.05) is 12.1 Å². The Hall–Kier alpha value is -1.44. The van der Waals surface area contributed by atoms with E-state index in [1.54, 1.807) is 23.8 Å². The van der Waals surface area contributed by atoms with Crippen LogP contribution in [0.25, 0.3) is 0 Å². The number of carbonyl (C=O) groups excluding carboxylic acids is 1. The summed E-state index contributed by atoms with van der Waals surface area (Å²) in [5.74, 6) is 0.0347. The van der Waals surface area contributed by atoms with E-state index in [0.717, 1.165) is 12.1 Å². The summed E-state index contributed by atoms with van der Waals surface area (Å²) in [4.78, 5) is 11.1. The van der Waals surface area contributed by atoms with Gasteiger partial charge < -0.3 is 0 Å². The van der Waals surface area contributed by atoms with Crippen molar-refractivity contribution in [2.75, 3.05) is 0 Å². The number of allylic oxidation sites excluding steroid dienone is 1. The number of hydrogen-bond donors (Lipinski definition) is 0. The summed E-state index contributed by atoms with van der Waals surface area (Å²) >= 11 is 0. The molecule has 0 bridgehead atoms. The molecule has 1 rings (SSSR count). The molecular formula is C10H12NO+. The highest BCUT2D eigenvalue weighted by atomic mass is 16.1. The minimum Gasteiger partial charge on any atom is -0.220 e. The molecule has 0 aliphatic heterocycles. The topological polar surface area (TPSA) is 20.9 Å². The Kier molecular flexibility index (Phi) is 2.75. The third-order valence-corrected chi connectivity index (χ3v) is 1.64. The molecule has 0 amide bonds. The van der Waals surface area contributed by atoms with Crippen LogP contribution in [0.2, 0.25) is 0 Å². The predicted octanol–water partition coefficient (Wildman–Crippen LogP) is 1.36. The van der Waals surface area contributed by atoms with Crippen molar-refractivity contribution in [3.63, 3.8) is 0 Å². The summed E-state index contributed by atoms with van der Waals surface area (Å²) in [5, 5.41) is 0. The van der Waals surface area contributed by atoms with Gasteiger partial charge in [0.05, 0.1) is 13.3 Å². The van der Waals surface area contributed by atoms with Gasteiger partial charge in [-0.2, -0.15) is 0 Å². The summed E-state index contributed by atoms with van der Waals surface area (Å²) < 4.78 is 1.63. The lowest BCUT2D eigenvalue weighted by atomic mass is 10.2. The van der Waals surface area contributed by atoms with Crippen molar-refractivity contribution in [1.29, 1.82) is 0 Å². The lowest BCUT2D eigenvalue weighted by molar-refractivity contribution is -0.581. The van der Waals surface area contributed by atoms with Gasteiger partial charge in [0.15, 0.2) is 11.9 Å². The molecule has 0 atom stereocenters. The molecular weight excluding hydrogens is 150 g/mol. The van der Waals surface area contributed by atoms with E-state index in [-0.39, 0.29) is 5.91 Å². The zero-order valence-corrected chi connectivity index (χ0v) is 7.16. The number of hydrogen-bond acceptors (Lipinski definition) is 1. The van der Waals surface area contributed by atoms with Crippen LogP contribution in [-0.2, 0) is 6.42 Å². The Bertz CT molecular complexity index is 304. The van der Waals surface area contributed by atoms with E-state index in [0.29, 0.717) is 0 Å². The van der Waals surface area contributed by atoms with Gasteiger partial charge in [-0.25, -0.2) is 4.79 Å². The lowest BCUT2D eigenvalue weighted by Gasteiger charge is -1.94. The average Bonchev–Trinajstić information content (AvgIpc) is 2.05. The zero-order chi connectivity index (χ0) is 8.97. The van der Waals surface area contributed by atoms with E-state index in [9.17, 15) is 4.79 Å². The summed E-state index contributed by atoms with van der Waals surface area (Å²) in [5.41, 5.74) is 0.972. The van der Waals surface area contributed by atoms with E-state index in [2.05, 4.69) is 6.58 Å². The molecule has 62 valence electrons. The summed E-state index contributed by atoms with van der Waals surface area (Å²) in [7, 11) is 0. The monoisotopic (exact) mass is 162 g/mol. The molecule has 1 aromatic heterocycles. The van der Waals surface area contributed by atoms with E-state index in [4.69, 9.17) is 0 Å². The van der Waals surface area contributed by atoms with Gasteiger partial charge in [-0.1, -0.05) is 12.1 Å². The van der Waals surface area contributed by atoms with Crippen LogP contribution in [0.4, 0.5) is 0 Å². The largest absolute Gasteiger partial charge is 0.389 e. The van der Waals surface area contributed by atoms with Crippen LogP contribution in [0.5, 0.6) is 0 Å². The Morgan fingerprint density at radius 1 is 1.67 bits per heavy atom. The van der Waals surface area contributed by atoms with Crippen molar-refractivity contribution in [2.45, 2.75) is 13.3 Å². The molecule has 0 saturated heterocycles. The first kappa shape index (κ1) is 8.65. The second-order valence-electron chi connectivity index (χ2n) is 2.57. The molecule has 0 saturated carbocycles. The maximum Gasteiger partial charge on any atom is 0.389 e. The molecule has 0 aromatic carbocycles. The van der Waals surface area contributed by atoms with Crippen LogP contribution >= 0.6 is 0 Å². The molecule has 0 aliphatic carbocycles. The smallest absolute Gasteiger partial charge is 0.220 e. The van der Waals surface area contributed by atoms with E-state index in [1.807, 2.05) is 18.2 Å². The van der Waals surface area contributed by atoms with Gasteiger partial charge >= 0.3 is 5.91 Å². The molecule has 1 aromatic rings. The van der Waals surface area contributed by atoms with Gasteiger partial charge in [-0.05, 0) is 0 Å². The first-order chi connectivity index (χ1) is 5.75. The maximum absolute atomic E-state index is 11.1. The molecule has 0 fully saturated rings. The Balaban J connectivity index is 3.07. The standard InChI is InChI=1S/C10H12NO/c1-3-6-10-7-4-5-8-11(10)9(2)12/h3-5,7-8H,1,6H2,2H3/q+1. The van der Waals surface area contributed by atoms with Crippen molar-refractivity contribution in [3.05, 3.63) is 42.7 Å². The van der Waals surface area contributed by atoms with Crippen molar-refractivity contribution in [3.8, 4) is 0 Å². The van der Waals surface area contributed by atoms with Crippen LogP contribution in [-0.4, -0.2) is 5.91 Å². The molecule has 0 N–H and O–H groups in total. The third kappa shape index (κ3) is 1.78. The summed E-state index contributed by atoms with van der Waals surface area (Å²) in [6, 6.07) is 5.68. The fourth-order valence-corrected chi connectivity index (χ4v) is 1.10. The van der Waals surface area contributed by atoms with E-state index in [1.165, 1.54) is 0 Å². The quantitative estimate of drug-likeness (QED) is 0.475. The highest BCUT2D eigenvalue weighted by Crippen LogP contribution is 1.92. The van der Waals surface area contributed by atoms with Gasteiger partial charge in [0.25, 0.3) is 0 Å². The Morgan fingerprint density at radius 3 is 3.00 bits per heavy atom. The normalized spacial score (nSPS) is 9.42. The average molecular weight is 162 g/mol. The minimum absolute atomic E-state index is 0.0347. The summed E-state index contributed by atoms with van der Waals surface area (Å²) in [6.07, 6.45) is 4.27. The number of aromatic nitrogens is 1. The number of pyridine rings is 1.